The van der Waals surface area contributed by atoms with Crippen LogP contribution in [0.25, 0.3) is 27.9 Å². The molecule has 1 heterocycles. The Morgan fingerprint density at radius 3 is 2.70 bits per heavy atom. The maximum atomic E-state index is 10.2. The Hall–Kier alpha value is -2.61. The van der Waals surface area contributed by atoms with E-state index in [1.807, 2.05) is 41.8 Å². The molecular weight excluding hydrogens is 328 g/mol. The van der Waals surface area contributed by atoms with Crippen molar-refractivity contribution in [3.8, 4) is 33.6 Å². The number of hydrogen-bond acceptors (Lipinski definition) is 4. The maximum absolute atomic E-state index is 10.2. The summed E-state index contributed by atoms with van der Waals surface area (Å²) in [5.41, 5.74) is 3.09. The van der Waals surface area contributed by atoms with E-state index >= 15 is 0 Å². The minimum absolute atomic E-state index is 0.0525. The summed E-state index contributed by atoms with van der Waals surface area (Å²) in [4.78, 5) is 4.61. The third-order valence-corrected chi connectivity index (χ3v) is 4.30. The number of phenols is 1. The normalized spacial score (nSPS) is 11.2. The van der Waals surface area contributed by atoms with E-state index in [0.29, 0.717) is 16.1 Å². The smallest absolute Gasteiger partial charge is 0.128 e. The van der Waals surface area contributed by atoms with Gasteiger partial charge in [0.05, 0.1) is 11.3 Å². The van der Waals surface area contributed by atoms with Gasteiger partial charge in [-0.2, -0.15) is 5.26 Å². The first kappa shape index (κ1) is 15.3. The van der Waals surface area contributed by atoms with E-state index in [9.17, 15) is 5.11 Å². The molecule has 0 aliphatic heterocycles. The van der Waals surface area contributed by atoms with Gasteiger partial charge in [0.2, 0.25) is 0 Å². The highest BCUT2D eigenvalue weighted by Crippen LogP contribution is 2.37. The highest BCUT2D eigenvalue weighted by atomic mass is 35.5. The molecular formula is C18H11ClN2OS. The molecule has 112 valence electrons. The number of nitrogens with zero attached hydrogens (tertiary/aromatic N) is 2. The summed E-state index contributed by atoms with van der Waals surface area (Å²) in [6, 6.07) is 16.8. The van der Waals surface area contributed by atoms with Crippen LogP contribution in [0.2, 0.25) is 0 Å². The highest BCUT2D eigenvalue weighted by Gasteiger charge is 2.14. The molecule has 0 atom stereocenters. The number of rotatable bonds is 3. The van der Waals surface area contributed by atoms with Crippen LogP contribution in [0, 0.1) is 11.3 Å². The number of aromatic nitrogens is 1. The second-order valence-electron chi connectivity index (χ2n) is 4.75. The van der Waals surface area contributed by atoms with E-state index < -0.39 is 0 Å². The third kappa shape index (κ3) is 3.26. The van der Waals surface area contributed by atoms with Gasteiger partial charge in [0.25, 0.3) is 0 Å². The fourth-order valence-corrected chi connectivity index (χ4v) is 3.23. The van der Waals surface area contributed by atoms with E-state index in [4.69, 9.17) is 16.9 Å². The van der Waals surface area contributed by atoms with Gasteiger partial charge in [-0.05, 0) is 17.7 Å². The molecule has 5 heteroatoms. The number of allylic oxidation sites excluding steroid dienone is 1. The fourth-order valence-electron chi connectivity index (χ4n) is 2.21. The van der Waals surface area contributed by atoms with Crippen LogP contribution in [0.5, 0.6) is 5.75 Å². The second kappa shape index (κ2) is 6.66. The number of phenolic OH excluding ortho intramolecular Hbond substituents is 1. The largest absolute Gasteiger partial charge is 0.507 e. The average Bonchev–Trinajstić information content (AvgIpc) is 3.05. The van der Waals surface area contributed by atoms with E-state index in [0.717, 1.165) is 11.3 Å². The molecule has 1 N–H and O–H groups in total. The Morgan fingerprint density at radius 2 is 1.96 bits per heavy atom. The van der Waals surface area contributed by atoms with Crippen molar-refractivity contribution < 1.29 is 5.11 Å². The van der Waals surface area contributed by atoms with E-state index in [-0.39, 0.29) is 10.8 Å². The van der Waals surface area contributed by atoms with Crippen LogP contribution >= 0.6 is 22.9 Å². The number of halogens is 1. The topological polar surface area (TPSA) is 56.9 Å². The zero-order chi connectivity index (χ0) is 16.2. The number of hydrogen-bond donors (Lipinski definition) is 1. The van der Waals surface area contributed by atoms with Crippen molar-refractivity contribution in [3.05, 3.63) is 64.5 Å². The first-order chi connectivity index (χ1) is 11.2. The van der Waals surface area contributed by atoms with Crippen LogP contribution in [0.3, 0.4) is 0 Å². The van der Waals surface area contributed by atoms with Crippen molar-refractivity contribution >= 4 is 29.0 Å². The van der Waals surface area contributed by atoms with Crippen molar-refractivity contribution in [1.29, 1.82) is 5.26 Å². The van der Waals surface area contributed by atoms with Crippen LogP contribution in [-0.4, -0.2) is 10.1 Å². The van der Waals surface area contributed by atoms with Gasteiger partial charge in [-0.3, -0.25) is 0 Å². The number of aromatic hydroxyl groups is 1. The highest BCUT2D eigenvalue weighted by molar-refractivity contribution is 7.13. The molecule has 0 aliphatic carbocycles. The Morgan fingerprint density at radius 1 is 1.17 bits per heavy atom. The summed E-state index contributed by atoms with van der Waals surface area (Å²) in [5, 5.41) is 21.7. The number of nitriles is 1. The summed E-state index contributed by atoms with van der Waals surface area (Å²) in [5.74, 6) is 0.107. The van der Waals surface area contributed by atoms with Gasteiger partial charge in [0, 0.05) is 10.9 Å². The molecule has 0 saturated carbocycles. The molecule has 0 fully saturated rings. The van der Waals surface area contributed by atoms with Crippen LogP contribution in [0.4, 0.5) is 0 Å². The predicted octanol–water partition coefficient (Wildman–Crippen LogP) is 5.29. The maximum Gasteiger partial charge on any atom is 0.128 e. The molecule has 3 nitrogen and oxygen atoms in total. The second-order valence-corrected chi connectivity index (χ2v) is 6.01. The Bertz CT molecular complexity index is 910. The number of thiazole rings is 1. The molecule has 3 aromatic rings. The molecule has 0 radical (unpaired) electrons. The Kier molecular flexibility index (Phi) is 4.42. The summed E-state index contributed by atoms with van der Waals surface area (Å²) < 4.78 is 0. The minimum atomic E-state index is 0.0525. The zero-order valence-electron chi connectivity index (χ0n) is 11.9. The summed E-state index contributed by atoms with van der Waals surface area (Å²) in [6.45, 7) is 0. The molecule has 0 aliphatic rings. The van der Waals surface area contributed by atoms with Gasteiger partial charge in [0.1, 0.15) is 21.9 Å². The number of benzene rings is 2. The van der Waals surface area contributed by atoms with Gasteiger partial charge < -0.3 is 5.11 Å². The third-order valence-electron chi connectivity index (χ3n) is 3.25. The fraction of sp³-hybridized carbons (Fsp3) is 0. The molecule has 2 aromatic carbocycles. The Labute approximate surface area is 142 Å². The quantitative estimate of drug-likeness (QED) is 0.660. The van der Waals surface area contributed by atoms with E-state index in [1.54, 1.807) is 18.2 Å². The van der Waals surface area contributed by atoms with Crippen LogP contribution in [-0.2, 0) is 0 Å². The molecule has 0 amide bonds. The first-order valence-corrected chi connectivity index (χ1v) is 8.05. The van der Waals surface area contributed by atoms with Crippen molar-refractivity contribution in [3.63, 3.8) is 0 Å². The summed E-state index contributed by atoms with van der Waals surface area (Å²) in [7, 11) is 0. The van der Waals surface area contributed by atoms with Crippen LogP contribution in [0.15, 0.2) is 58.9 Å². The van der Waals surface area contributed by atoms with Crippen molar-refractivity contribution in [1.82, 2.24) is 4.98 Å². The van der Waals surface area contributed by atoms with Gasteiger partial charge in [0.15, 0.2) is 0 Å². The lowest BCUT2D eigenvalue weighted by molar-refractivity contribution is 0.477. The summed E-state index contributed by atoms with van der Waals surface area (Å²) in [6.07, 6.45) is 1.53. The standard InChI is InChI=1S/C18H11ClN2OS/c19-14(10-20)9-13-7-4-8-16(22)17(13)18-21-15(11-23-18)12-5-2-1-3-6-12/h1-9,11,22H. The van der Waals surface area contributed by atoms with Crippen molar-refractivity contribution in [2.24, 2.45) is 0 Å². The van der Waals surface area contributed by atoms with Crippen LogP contribution in [0.1, 0.15) is 5.56 Å². The van der Waals surface area contributed by atoms with Gasteiger partial charge in [-0.15, -0.1) is 11.3 Å². The lowest BCUT2D eigenvalue weighted by atomic mass is 10.1. The molecule has 0 spiro atoms. The monoisotopic (exact) mass is 338 g/mol. The van der Waals surface area contributed by atoms with Gasteiger partial charge in [-0.1, -0.05) is 54.1 Å². The first-order valence-electron chi connectivity index (χ1n) is 6.79. The molecule has 0 unspecified atom stereocenters. The molecule has 1 aromatic heterocycles. The summed E-state index contributed by atoms with van der Waals surface area (Å²) >= 11 is 7.25. The Balaban J connectivity index is 2.10. The van der Waals surface area contributed by atoms with Crippen LogP contribution < -0.4 is 0 Å². The molecule has 3 rings (SSSR count). The lowest BCUT2D eigenvalue weighted by Crippen LogP contribution is -1.85. The molecule has 0 saturated heterocycles. The average molecular weight is 339 g/mol. The molecule has 0 bridgehead atoms. The van der Waals surface area contributed by atoms with Crippen molar-refractivity contribution in [2.45, 2.75) is 0 Å². The van der Waals surface area contributed by atoms with Crippen molar-refractivity contribution in [2.75, 3.05) is 0 Å². The van der Waals surface area contributed by atoms with E-state index in [2.05, 4.69) is 4.98 Å². The predicted molar refractivity (Wildman–Crippen MR) is 94.1 cm³/mol. The molecule has 23 heavy (non-hydrogen) atoms. The van der Waals surface area contributed by atoms with Gasteiger partial charge in [-0.25, -0.2) is 4.98 Å². The SMILES string of the molecule is N#CC(Cl)=Cc1cccc(O)c1-c1nc(-c2ccccc2)cs1. The van der Waals surface area contributed by atoms with Gasteiger partial charge >= 0.3 is 0 Å². The van der Waals surface area contributed by atoms with E-state index in [1.165, 1.54) is 17.4 Å². The lowest BCUT2D eigenvalue weighted by Gasteiger charge is -2.05. The minimum Gasteiger partial charge on any atom is -0.507 e. The zero-order valence-corrected chi connectivity index (χ0v) is 13.5.